The number of amides is 1. The standard InChI is InChI=1S/C22H28N2O2/c1-4-5-6-7-11-23-22(25)20-14-21-19(13-17(3)26-21)24(20)15-18-10-8-9-16(2)12-18/h8-10,12-14H,4-7,11,15H2,1-3H3,(H,23,25). The average Bonchev–Trinajstić information content (AvgIpc) is 3.12. The summed E-state index contributed by atoms with van der Waals surface area (Å²) < 4.78 is 7.82. The van der Waals surface area contributed by atoms with Crippen molar-refractivity contribution in [2.75, 3.05) is 6.54 Å². The van der Waals surface area contributed by atoms with E-state index in [1.807, 2.05) is 19.1 Å². The van der Waals surface area contributed by atoms with E-state index in [0.29, 0.717) is 12.2 Å². The number of furan rings is 1. The summed E-state index contributed by atoms with van der Waals surface area (Å²) in [5, 5.41) is 3.06. The summed E-state index contributed by atoms with van der Waals surface area (Å²) in [6.45, 7) is 7.58. The highest BCUT2D eigenvalue weighted by molar-refractivity contribution is 5.97. The van der Waals surface area contributed by atoms with Gasteiger partial charge in [0.05, 0.1) is 5.52 Å². The first-order chi connectivity index (χ1) is 12.6. The van der Waals surface area contributed by atoms with Crippen LogP contribution in [-0.2, 0) is 6.54 Å². The van der Waals surface area contributed by atoms with Gasteiger partial charge in [-0.3, -0.25) is 4.79 Å². The number of fused-ring (bicyclic) bond motifs is 1. The number of hydrogen-bond acceptors (Lipinski definition) is 2. The molecule has 4 nitrogen and oxygen atoms in total. The molecule has 2 heterocycles. The number of nitrogens with zero attached hydrogens (tertiary/aromatic N) is 1. The highest BCUT2D eigenvalue weighted by atomic mass is 16.3. The Morgan fingerprint density at radius 3 is 2.73 bits per heavy atom. The number of hydrogen-bond donors (Lipinski definition) is 1. The molecule has 1 N–H and O–H groups in total. The first kappa shape index (κ1) is 18.3. The summed E-state index contributed by atoms with van der Waals surface area (Å²) in [5.41, 5.74) is 4.80. The van der Waals surface area contributed by atoms with Crippen molar-refractivity contribution < 1.29 is 9.21 Å². The quantitative estimate of drug-likeness (QED) is 0.566. The van der Waals surface area contributed by atoms with Gasteiger partial charge in [0, 0.05) is 25.2 Å². The molecule has 0 atom stereocenters. The molecule has 2 aromatic heterocycles. The number of aromatic nitrogens is 1. The second-order valence-corrected chi connectivity index (χ2v) is 7.03. The molecule has 0 unspecified atom stereocenters. The molecule has 1 amide bonds. The lowest BCUT2D eigenvalue weighted by atomic mass is 10.1. The van der Waals surface area contributed by atoms with Crippen LogP contribution >= 0.6 is 0 Å². The molecular formula is C22H28N2O2. The van der Waals surface area contributed by atoms with Crippen LogP contribution in [0.1, 0.15) is 60.0 Å². The van der Waals surface area contributed by atoms with Gasteiger partial charge in [0.1, 0.15) is 11.5 Å². The van der Waals surface area contributed by atoms with Gasteiger partial charge in [-0.1, -0.05) is 56.0 Å². The van der Waals surface area contributed by atoms with E-state index < -0.39 is 0 Å². The maximum atomic E-state index is 12.7. The van der Waals surface area contributed by atoms with E-state index in [4.69, 9.17) is 4.42 Å². The topological polar surface area (TPSA) is 47.2 Å². The number of rotatable bonds is 8. The number of unbranched alkanes of at least 4 members (excludes halogenated alkanes) is 3. The number of carbonyl (C=O) groups excluding carboxylic acids is 1. The molecule has 0 fully saturated rings. The van der Waals surface area contributed by atoms with E-state index in [2.05, 4.69) is 48.0 Å². The molecule has 0 saturated carbocycles. The van der Waals surface area contributed by atoms with Crippen LogP contribution in [0.3, 0.4) is 0 Å². The second kappa shape index (κ2) is 8.26. The van der Waals surface area contributed by atoms with Gasteiger partial charge in [0.25, 0.3) is 5.91 Å². The molecule has 0 aliphatic heterocycles. The van der Waals surface area contributed by atoms with Crippen molar-refractivity contribution in [2.24, 2.45) is 0 Å². The van der Waals surface area contributed by atoms with E-state index in [1.54, 1.807) is 0 Å². The summed E-state index contributed by atoms with van der Waals surface area (Å²) in [6, 6.07) is 12.3. The molecule has 3 aromatic rings. The van der Waals surface area contributed by atoms with E-state index in [9.17, 15) is 4.79 Å². The molecule has 4 heteroatoms. The lowest BCUT2D eigenvalue weighted by molar-refractivity contribution is 0.0944. The third-order valence-electron chi connectivity index (χ3n) is 4.68. The van der Waals surface area contributed by atoms with Crippen molar-refractivity contribution in [3.8, 4) is 0 Å². The number of benzene rings is 1. The Balaban J connectivity index is 1.82. The fourth-order valence-corrected chi connectivity index (χ4v) is 3.36. The fraction of sp³-hybridized carbons (Fsp3) is 0.409. The summed E-state index contributed by atoms with van der Waals surface area (Å²) in [5.74, 6) is 0.831. The summed E-state index contributed by atoms with van der Waals surface area (Å²) >= 11 is 0. The van der Waals surface area contributed by atoms with Gasteiger partial charge in [-0.25, -0.2) is 0 Å². The summed E-state index contributed by atoms with van der Waals surface area (Å²) in [4.78, 5) is 12.7. The highest BCUT2D eigenvalue weighted by Crippen LogP contribution is 2.25. The Hall–Kier alpha value is -2.49. The lowest BCUT2D eigenvalue weighted by Gasteiger charge is -2.11. The average molecular weight is 352 g/mol. The normalized spacial score (nSPS) is 11.2. The van der Waals surface area contributed by atoms with Crippen molar-refractivity contribution in [1.82, 2.24) is 9.88 Å². The molecule has 26 heavy (non-hydrogen) atoms. The van der Waals surface area contributed by atoms with E-state index in [-0.39, 0.29) is 5.91 Å². The lowest BCUT2D eigenvalue weighted by Crippen LogP contribution is -2.27. The molecule has 3 rings (SSSR count). The zero-order valence-corrected chi connectivity index (χ0v) is 16.0. The number of nitrogens with one attached hydrogen (secondary N) is 1. The van der Waals surface area contributed by atoms with Crippen LogP contribution in [0, 0.1) is 13.8 Å². The molecule has 0 radical (unpaired) electrons. The van der Waals surface area contributed by atoms with Gasteiger partial charge in [0.2, 0.25) is 0 Å². The Morgan fingerprint density at radius 1 is 1.12 bits per heavy atom. The van der Waals surface area contributed by atoms with E-state index in [1.165, 1.54) is 24.0 Å². The van der Waals surface area contributed by atoms with E-state index in [0.717, 1.165) is 36.2 Å². The molecule has 138 valence electrons. The fourth-order valence-electron chi connectivity index (χ4n) is 3.36. The van der Waals surface area contributed by atoms with Gasteiger partial charge in [-0.2, -0.15) is 0 Å². The van der Waals surface area contributed by atoms with Gasteiger partial charge >= 0.3 is 0 Å². The Bertz CT molecular complexity index is 889. The minimum Gasteiger partial charge on any atom is -0.460 e. The van der Waals surface area contributed by atoms with Gasteiger partial charge in [-0.05, 0) is 25.8 Å². The van der Waals surface area contributed by atoms with Gasteiger partial charge in [-0.15, -0.1) is 0 Å². The Kier molecular flexibility index (Phi) is 5.82. The smallest absolute Gasteiger partial charge is 0.268 e. The van der Waals surface area contributed by atoms with Crippen LogP contribution in [0.5, 0.6) is 0 Å². The monoisotopic (exact) mass is 352 g/mol. The molecule has 0 aliphatic rings. The predicted octanol–water partition coefficient (Wildman–Crippen LogP) is 5.21. The van der Waals surface area contributed by atoms with Crippen molar-refractivity contribution in [1.29, 1.82) is 0 Å². The van der Waals surface area contributed by atoms with Crippen molar-refractivity contribution in [2.45, 2.75) is 53.0 Å². The van der Waals surface area contributed by atoms with Crippen LogP contribution in [0.15, 0.2) is 40.8 Å². The van der Waals surface area contributed by atoms with Crippen LogP contribution in [-0.4, -0.2) is 17.0 Å². The van der Waals surface area contributed by atoms with Crippen LogP contribution in [0.4, 0.5) is 0 Å². The zero-order chi connectivity index (χ0) is 18.5. The zero-order valence-electron chi connectivity index (χ0n) is 16.0. The summed E-state index contributed by atoms with van der Waals surface area (Å²) in [7, 11) is 0. The number of aryl methyl sites for hydroxylation is 2. The largest absolute Gasteiger partial charge is 0.460 e. The van der Waals surface area contributed by atoms with Crippen molar-refractivity contribution in [3.05, 3.63) is 59.0 Å². The highest BCUT2D eigenvalue weighted by Gasteiger charge is 2.18. The first-order valence-electron chi connectivity index (χ1n) is 9.52. The van der Waals surface area contributed by atoms with E-state index >= 15 is 0 Å². The number of carbonyl (C=O) groups is 1. The predicted molar refractivity (Wildman–Crippen MR) is 106 cm³/mol. The molecule has 0 spiro atoms. The maximum Gasteiger partial charge on any atom is 0.268 e. The van der Waals surface area contributed by atoms with Gasteiger partial charge < -0.3 is 14.3 Å². The third kappa shape index (κ3) is 4.18. The molecular weight excluding hydrogens is 324 g/mol. The molecule has 0 aliphatic carbocycles. The Labute approximate surface area is 155 Å². The maximum absolute atomic E-state index is 12.7. The molecule has 1 aromatic carbocycles. The van der Waals surface area contributed by atoms with Crippen molar-refractivity contribution in [3.63, 3.8) is 0 Å². The minimum atomic E-state index is -0.0294. The second-order valence-electron chi connectivity index (χ2n) is 7.03. The van der Waals surface area contributed by atoms with Gasteiger partial charge in [0.15, 0.2) is 5.58 Å². The molecule has 0 saturated heterocycles. The minimum absolute atomic E-state index is 0.0294. The first-order valence-corrected chi connectivity index (χ1v) is 9.52. The Morgan fingerprint density at radius 2 is 1.96 bits per heavy atom. The van der Waals surface area contributed by atoms with Crippen LogP contribution in [0.25, 0.3) is 11.1 Å². The molecule has 0 bridgehead atoms. The van der Waals surface area contributed by atoms with Crippen molar-refractivity contribution >= 4 is 17.0 Å². The van der Waals surface area contributed by atoms with Crippen LogP contribution < -0.4 is 5.32 Å². The van der Waals surface area contributed by atoms with Crippen LogP contribution in [0.2, 0.25) is 0 Å². The third-order valence-corrected chi connectivity index (χ3v) is 4.68. The SMILES string of the molecule is CCCCCCNC(=O)c1cc2oc(C)cc2n1Cc1cccc(C)c1. The summed E-state index contributed by atoms with van der Waals surface area (Å²) in [6.07, 6.45) is 4.59.